The van der Waals surface area contributed by atoms with Crippen molar-refractivity contribution in [2.45, 2.75) is 62.4 Å². The summed E-state index contributed by atoms with van der Waals surface area (Å²) in [6.07, 6.45) is 5.04. The van der Waals surface area contributed by atoms with E-state index in [0.717, 1.165) is 55.5 Å². The van der Waals surface area contributed by atoms with Crippen molar-refractivity contribution in [2.24, 2.45) is 5.73 Å². The van der Waals surface area contributed by atoms with Crippen LogP contribution in [-0.4, -0.2) is 29.2 Å². The third kappa shape index (κ3) is 4.87. The molecule has 2 aromatic carbocycles. The highest BCUT2D eigenvalue weighted by atomic mass is 32.2. The van der Waals surface area contributed by atoms with E-state index in [1.54, 1.807) is 15.6 Å². The highest BCUT2D eigenvalue weighted by Crippen LogP contribution is 2.42. The molecule has 1 aliphatic rings. The molecule has 0 spiro atoms. The van der Waals surface area contributed by atoms with Gasteiger partial charge in [0.05, 0.1) is 16.6 Å². The van der Waals surface area contributed by atoms with Gasteiger partial charge in [-0.05, 0) is 69.2 Å². The molecule has 13 heteroatoms. The van der Waals surface area contributed by atoms with Crippen LogP contribution in [0, 0.1) is 23.3 Å². The molecule has 212 valence electrons. The van der Waals surface area contributed by atoms with Crippen LogP contribution in [0.3, 0.4) is 0 Å². The zero-order chi connectivity index (χ0) is 28.9. The number of nitrogens with zero attached hydrogens (tertiary/aromatic N) is 3. The van der Waals surface area contributed by atoms with E-state index in [4.69, 9.17) is 11.5 Å². The second-order valence-electron chi connectivity index (χ2n) is 10.3. The summed E-state index contributed by atoms with van der Waals surface area (Å²) in [7, 11) is -4.93. The van der Waals surface area contributed by atoms with Crippen molar-refractivity contribution >= 4 is 32.4 Å². The van der Waals surface area contributed by atoms with Crippen molar-refractivity contribution in [3.05, 3.63) is 65.4 Å². The molecule has 0 unspecified atom stereocenters. The van der Waals surface area contributed by atoms with Crippen LogP contribution in [0.5, 0.6) is 0 Å². The first-order valence-electron chi connectivity index (χ1n) is 12.8. The lowest BCUT2D eigenvalue weighted by Gasteiger charge is -2.27. The normalized spacial score (nSPS) is 18.0. The quantitative estimate of drug-likeness (QED) is 0.256. The van der Waals surface area contributed by atoms with E-state index in [9.17, 15) is 17.2 Å². The Morgan fingerprint density at radius 3 is 2.27 bits per heavy atom. The summed E-state index contributed by atoms with van der Waals surface area (Å²) >= 11 is 0. The maximum atomic E-state index is 15.5. The van der Waals surface area contributed by atoms with Gasteiger partial charge in [0.15, 0.2) is 4.90 Å². The number of nitrogen functional groups attached to an aromatic ring is 1. The molecule has 5 rings (SSSR count). The van der Waals surface area contributed by atoms with Gasteiger partial charge in [-0.2, -0.15) is 5.10 Å². The first-order valence-corrected chi connectivity index (χ1v) is 14.3. The summed E-state index contributed by atoms with van der Waals surface area (Å²) in [6.45, 7) is 3.79. The van der Waals surface area contributed by atoms with Crippen LogP contribution in [0.2, 0.25) is 0 Å². The van der Waals surface area contributed by atoms with Crippen LogP contribution < -0.4 is 16.2 Å². The Labute approximate surface area is 228 Å². The van der Waals surface area contributed by atoms with Gasteiger partial charge >= 0.3 is 0 Å². The lowest BCUT2D eigenvalue weighted by molar-refractivity contribution is 0.395. The van der Waals surface area contributed by atoms with Gasteiger partial charge in [-0.25, -0.2) is 31.0 Å². The molecule has 5 N–H and O–H groups in total. The molecule has 8 nitrogen and oxygen atoms in total. The van der Waals surface area contributed by atoms with Gasteiger partial charge in [0.2, 0.25) is 0 Å². The minimum atomic E-state index is -4.93. The van der Waals surface area contributed by atoms with Crippen molar-refractivity contribution in [1.82, 2.24) is 14.8 Å². The summed E-state index contributed by atoms with van der Waals surface area (Å²) in [6, 6.07) is 3.78. The van der Waals surface area contributed by atoms with Crippen molar-refractivity contribution in [3.63, 3.8) is 0 Å². The van der Waals surface area contributed by atoms with E-state index in [1.165, 1.54) is 0 Å². The number of aromatic nitrogens is 3. The van der Waals surface area contributed by atoms with E-state index in [1.807, 2.05) is 13.8 Å². The maximum Gasteiger partial charge on any atom is 0.267 e. The fourth-order valence-electron chi connectivity index (χ4n) is 5.25. The van der Waals surface area contributed by atoms with Gasteiger partial charge in [0, 0.05) is 29.9 Å². The number of hydrogen-bond acceptors (Lipinski definition) is 6. The monoisotopic (exact) mass is 576 g/mol. The first-order chi connectivity index (χ1) is 18.9. The molecular weight excluding hydrogens is 548 g/mol. The number of nitrogens with one attached hydrogen (secondary N) is 1. The fraction of sp³-hybridized carbons (Fsp3) is 0.333. The zero-order valence-corrected chi connectivity index (χ0v) is 22.6. The Morgan fingerprint density at radius 2 is 1.65 bits per heavy atom. The van der Waals surface area contributed by atoms with Crippen molar-refractivity contribution in [2.75, 3.05) is 10.5 Å². The Kier molecular flexibility index (Phi) is 7.21. The zero-order valence-electron chi connectivity index (χ0n) is 21.8. The molecule has 1 saturated carbocycles. The van der Waals surface area contributed by atoms with E-state index < -0.39 is 43.9 Å². The van der Waals surface area contributed by atoms with Gasteiger partial charge in [-0.15, -0.1) is 0 Å². The number of fused-ring (bicyclic) bond motifs is 1. The smallest absolute Gasteiger partial charge is 0.267 e. The van der Waals surface area contributed by atoms with Gasteiger partial charge in [0.25, 0.3) is 10.0 Å². The first kappa shape index (κ1) is 27.8. The minimum absolute atomic E-state index is 0.0361. The largest absolute Gasteiger partial charge is 0.383 e. The number of hydrogen-bond donors (Lipinski definition) is 3. The summed E-state index contributed by atoms with van der Waals surface area (Å²) < 4.78 is 87.7. The van der Waals surface area contributed by atoms with Crippen molar-refractivity contribution in [3.8, 4) is 11.3 Å². The molecule has 40 heavy (non-hydrogen) atoms. The third-order valence-electron chi connectivity index (χ3n) is 7.23. The van der Waals surface area contributed by atoms with Crippen LogP contribution >= 0.6 is 0 Å². The number of anilines is 2. The molecule has 1 aliphatic carbocycles. The predicted molar refractivity (Wildman–Crippen MR) is 144 cm³/mol. The number of halogens is 4. The van der Waals surface area contributed by atoms with Gasteiger partial charge in [-0.1, -0.05) is 6.07 Å². The molecule has 4 aromatic rings. The fourth-order valence-corrected chi connectivity index (χ4v) is 6.45. The number of benzene rings is 2. The highest BCUT2D eigenvalue weighted by molar-refractivity contribution is 7.92. The lowest BCUT2D eigenvalue weighted by atomic mass is 9.82. The molecule has 0 saturated heterocycles. The molecule has 0 bridgehead atoms. The Hall–Kier alpha value is -3.71. The summed E-state index contributed by atoms with van der Waals surface area (Å²) in [4.78, 5) is 3.03. The van der Waals surface area contributed by atoms with Crippen LogP contribution in [0.25, 0.3) is 22.2 Å². The standard InChI is InChI=1S/C27H28F4N6O2S/c1-13(2)37-25-17(14-6-8-15(32)9-7-14)12-34-27(33)23(25)24(35-37)16-10-21(31)22(11-20(16)30)36-40(38,39)26-18(28)4-3-5-19(26)29/h3-5,10-15,36H,6-9,32H2,1-2H3,(H2,33,34). The Bertz CT molecular complexity index is 1700. The molecule has 0 amide bonds. The predicted octanol–water partition coefficient (Wildman–Crippen LogP) is 5.60. The number of pyridine rings is 1. The van der Waals surface area contributed by atoms with Gasteiger partial charge in [-0.3, -0.25) is 9.40 Å². The summed E-state index contributed by atoms with van der Waals surface area (Å²) in [5.74, 6) is -4.77. The average molecular weight is 577 g/mol. The van der Waals surface area contributed by atoms with Gasteiger partial charge < -0.3 is 11.5 Å². The van der Waals surface area contributed by atoms with Crippen LogP contribution in [-0.2, 0) is 10.0 Å². The van der Waals surface area contributed by atoms with Crippen LogP contribution in [0.15, 0.2) is 41.4 Å². The second kappa shape index (κ2) is 10.4. The van der Waals surface area contributed by atoms with Crippen molar-refractivity contribution in [1.29, 1.82) is 0 Å². The van der Waals surface area contributed by atoms with Gasteiger partial charge in [0.1, 0.15) is 34.8 Å². The summed E-state index contributed by atoms with van der Waals surface area (Å²) in [5, 5.41) is 4.94. The topological polar surface area (TPSA) is 129 Å². The second-order valence-corrected chi connectivity index (χ2v) is 11.9. The maximum absolute atomic E-state index is 15.5. The molecule has 0 atom stereocenters. The molecule has 0 aliphatic heterocycles. The summed E-state index contributed by atoms with van der Waals surface area (Å²) in [5.41, 5.74) is 12.8. The molecular formula is C27H28F4N6O2S. The lowest BCUT2D eigenvalue weighted by Crippen LogP contribution is -2.26. The third-order valence-corrected chi connectivity index (χ3v) is 8.64. The Balaban J connectivity index is 1.62. The van der Waals surface area contributed by atoms with Crippen LogP contribution in [0.4, 0.5) is 29.1 Å². The average Bonchev–Trinajstić information content (AvgIpc) is 3.28. The molecule has 1 fully saturated rings. The number of rotatable bonds is 6. The number of nitrogens with two attached hydrogens (primary N) is 2. The van der Waals surface area contributed by atoms with Crippen molar-refractivity contribution < 1.29 is 26.0 Å². The molecule has 0 radical (unpaired) electrons. The highest BCUT2D eigenvalue weighted by Gasteiger charge is 2.30. The minimum Gasteiger partial charge on any atom is -0.383 e. The van der Waals surface area contributed by atoms with E-state index >= 15 is 8.78 Å². The molecule has 2 aromatic heterocycles. The van der Waals surface area contributed by atoms with E-state index in [0.29, 0.717) is 17.0 Å². The Morgan fingerprint density at radius 1 is 1.00 bits per heavy atom. The van der Waals surface area contributed by atoms with Crippen LogP contribution in [0.1, 0.15) is 57.1 Å². The molecule has 2 heterocycles. The van der Waals surface area contributed by atoms with E-state index in [2.05, 4.69) is 10.1 Å². The van der Waals surface area contributed by atoms with E-state index in [-0.39, 0.29) is 35.1 Å². The SMILES string of the molecule is CC(C)n1nc(-c2cc(F)c(NS(=O)(=O)c3c(F)cccc3F)cc2F)c2c(N)ncc(C3CCC(N)CC3)c21. The number of sulfonamides is 1.